The van der Waals surface area contributed by atoms with E-state index in [-0.39, 0.29) is 23.7 Å². The molecule has 2 N–H and O–H groups in total. The quantitative estimate of drug-likeness (QED) is 0.593. The van der Waals surface area contributed by atoms with E-state index in [1.54, 1.807) is 0 Å². The van der Waals surface area contributed by atoms with Crippen LogP contribution in [0.1, 0.15) is 101 Å². The van der Waals surface area contributed by atoms with E-state index in [4.69, 9.17) is 0 Å². The highest BCUT2D eigenvalue weighted by Gasteiger charge is 2.23. The zero-order valence-corrected chi connectivity index (χ0v) is 17.5. The van der Waals surface area contributed by atoms with E-state index < -0.39 is 0 Å². The average molecular weight is 355 g/mol. The summed E-state index contributed by atoms with van der Waals surface area (Å²) in [4.78, 5) is 0. The van der Waals surface area contributed by atoms with Gasteiger partial charge in [0, 0.05) is 11.1 Å². The summed E-state index contributed by atoms with van der Waals surface area (Å²) >= 11 is 0. The highest BCUT2D eigenvalue weighted by atomic mass is 16.3. The lowest BCUT2D eigenvalue weighted by Crippen LogP contribution is -2.03. The lowest BCUT2D eigenvalue weighted by Gasteiger charge is -2.24. The molecule has 0 saturated carbocycles. The van der Waals surface area contributed by atoms with E-state index in [1.807, 2.05) is 12.1 Å². The molecule has 0 bridgehead atoms. The van der Waals surface area contributed by atoms with E-state index in [9.17, 15) is 10.2 Å². The third kappa shape index (κ3) is 3.60. The van der Waals surface area contributed by atoms with Crippen LogP contribution in [-0.2, 0) is 0 Å². The third-order valence-corrected chi connectivity index (χ3v) is 5.19. The largest absolute Gasteiger partial charge is 0.507 e. The molecule has 0 unspecified atom stereocenters. The molecular weight excluding hydrogens is 320 g/mol. The van der Waals surface area contributed by atoms with Crippen LogP contribution in [0.2, 0.25) is 0 Å². The van der Waals surface area contributed by atoms with Crippen LogP contribution in [0.4, 0.5) is 0 Å². The maximum Gasteiger partial charge on any atom is 0.123 e. The van der Waals surface area contributed by atoms with Crippen molar-refractivity contribution in [2.75, 3.05) is 0 Å². The predicted molar refractivity (Wildman–Crippen MR) is 112 cm³/mol. The summed E-state index contributed by atoms with van der Waals surface area (Å²) in [5, 5.41) is 21.9. The summed E-state index contributed by atoms with van der Waals surface area (Å²) in [6.07, 6.45) is 0. The second kappa shape index (κ2) is 7.73. The van der Waals surface area contributed by atoms with Gasteiger partial charge < -0.3 is 10.2 Å². The van der Waals surface area contributed by atoms with Crippen molar-refractivity contribution in [3.63, 3.8) is 0 Å². The van der Waals surface area contributed by atoms with Crippen LogP contribution in [0.15, 0.2) is 24.3 Å². The lowest BCUT2D eigenvalue weighted by atomic mass is 9.82. The molecule has 0 aliphatic rings. The molecule has 0 aliphatic heterocycles. The summed E-state index contributed by atoms with van der Waals surface area (Å²) in [5.74, 6) is 1.71. The molecule has 0 spiro atoms. The summed E-state index contributed by atoms with van der Waals surface area (Å²) in [6.45, 7) is 16.8. The van der Waals surface area contributed by atoms with Gasteiger partial charge in [0.2, 0.25) is 0 Å². The van der Waals surface area contributed by atoms with Crippen LogP contribution in [-0.4, -0.2) is 10.2 Å². The summed E-state index contributed by atoms with van der Waals surface area (Å²) in [6, 6.07) is 8.28. The number of aromatic hydroxyl groups is 2. The van der Waals surface area contributed by atoms with Gasteiger partial charge in [-0.05, 0) is 45.9 Å². The van der Waals surface area contributed by atoms with Gasteiger partial charge in [0.1, 0.15) is 11.5 Å². The van der Waals surface area contributed by atoms with Gasteiger partial charge in [-0.15, -0.1) is 0 Å². The molecule has 0 heterocycles. The fourth-order valence-electron chi connectivity index (χ4n) is 3.82. The van der Waals surface area contributed by atoms with Crippen LogP contribution >= 0.6 is 0 Å². The Hall–Kier alpha value is -1.96. The molecule has 2 aromatic carbocycles. The second-order valence-electron chi connectivity index (χ2n) is 8.55. The monoisotopic (exact) mass is 354 g/mol. The van der Waals surface area contributed by atoms with Crippen LogP contribution in [0.25, 0.3) is 11.1 Å². The SMILES string of the molecule is CC(C)c1ccc(-c2ccc(C(C)C)c(O)c2C(C)C)c(C(C)C)c1O. The van der Waals surface area contributed by atoms with Gasteiger partial charge in [-0.2, -0.15) is 0 Å². The normalized spacial score (nSPS) is 12.0. The van der Waals surface area contributed by atoms with E-state index in [1.165, 1.54) is 0 Å². The van der Waals surface area contributed by atoms with Crippen molar-refractivity contribution in [2.45, 2.75) is 79.1 Å². The minimum absolute atomic E-state index is 0.190. The van der Waals surface area contributed by atoms with Crippen LogP contribution in [0.3, 0.4) is 0 Å². The molecule has 2 nitrogen and oxygen atoms in total. The standard InChI is InChI=1S/C24H34O2/c1-13(2)17-9-11-19(21(15(5)6)23(17)25)20-12-10-18(14(3)4)24(26)22(20)16(7)8/h9-16,25-26H,1-8H3. The maximum absolute atomic E-state index is 11.0. The summed E-state index contributed by atoms with van der Waals surface area (Å²) < 4.78 is 0. The average Bonchev–Trinajstić information content (AvgIpc) is 2.52. The molecule has 0 aliphatic carbocycles. The first-order chi connectivity index (χ1) is 12.1. The Morgan fingerprint density at radius 1 is 0.500 bits per heavy atom. The molecule has 2 rings (SSSR count). The number of hydrogen-bond acceptors (Lipinski definition) is 2. The van der Waals surface area contributed by atoms with Crippen LogP contribution in [0, 0.1) is 0 Å². The van der Waals surface area contributed by atoms with Crippen molar-refractivity contribution in [1.29, 1.82) is 0 Å². The number of phenols is 2. The van der Waals surface area contributed by atoms with Crippen molar-refractivity contribution >= 4 is 0 Å². The Balaban J connectivity index is 2.84. The molecule has 0 atom stereocenters. The zero-order chi connectivity index (χ0) is 19.8. The highest BCUT2D eigenvalue weighted by Crippen LogP contribution is 2.46. The Morgan fingerprint density at radius 2 is 0.808 bits per heavy atom. The molecule has 2 aromatic rings. The van der Waals surface area contributed by atoms with E-state index in [2.05, 4.69) is 67.5 Å². The van der Waals surface area contributed by atoms with Gasteiger partial charge in [0.05, 0.1) is 0 Å². The first kappa shape index (κ1) is 20.4. The topological polar surface area (TPSA) is 40.5 Å². The van der Waals surface area contributed by atoms with Gasteiger partial charge in [0.25, 0.3) is 0 Å². The molecular formula is C24H34O2. The minimum Gasteiger partial charge on any atom is -0.507 e. The van der Waals surface area contributed by atoms with Gasteiger partial charge >= 0.3 is 0 Å². The predicted octanol–water partition coefficient (Wildman–Crippen LogP) is 7.26. The van der Waals surface area contributed by atoms with E-state index in [0.29, 0.717) is 11.5 Å². The third-order valence-electron chi connectivity index (χ3n) is 5.19. The lowest BCUT2D eigenvalue weighted by molar-refractivity contribution is 0.452. The van der Waals surface area contributed by atoms with Crippen LogP contribution < -0.4 is 0 Å². The Labute approximate surface area is 158 Å². The Kier molecular flexibility index (Phi) is 6.05. The molecule has 0 radical (unpaired) electrons. The van der Waals surface area contributed by atoms with Crippen molar-refractivity contribution < 1.29 is 10.2 Å². The Bertz CT molecular complexity index is 716. The first-order valence-corrected chi connectivity index (χ1v) is 9.79. The molecule has 26 heavy (non-hydrogen) atoms. The molecule has 0 amide bonds. The molecule has 0 saturated heterocycles. The van der Waals surface area contributed by atoms with Gasteiger partial charge in [-0.25, -0.2) is 0 Å². The fourth-order valence-corrected chi connectivity index (χ4v) is 3.82. The van der Waals surface area contributed by atoms with Gasteiger partial charge in [0.15, 0.2) is 0 Å². The smallest absolute Gasteiger partial charge is 0.123 e. The highest BCUT2D eigenvalue weighted by molar-refractivity contribution is 5.77. The molecule has 0 fully saturated rings. The minimum atomic E-state index is 0.190. The van der Waals surface area contributed by atoms with Gasteiger partial charge in [-0.3, -0.25) is 0 Å². The van der Waals surface area contributed by atoms with Crippen molar-refractivity contribution in [3.05, 3.63) is 46.5 Å². The number of rotatable bonds is 5. The van der Waals surface area contributed by atoms with E-state index >= 15 is 0 Å². The fraction of sp³-hybridized carbons (Fsp3) is 0.500. The zero-order valence-electron chi connectivity index (χ0n) is 17.5. The van der Waals surface area contributed by atoms with Crippen molar-refractivity contribution in [2.24, 2.45) is 0 Å². The number of benzene rings is 2. The van der Waals surface area contributed by atoms with Crippen molar-refractivity contribution in [3.8, 4) is 22.6 Å². The van der Waals surface area contributed by atoms with E-state index in [0.717, 1.165) is 33.4 Å². The van der Waals surface area contributed by atoms with Crippen molar-refractivity contribution in [1.82, 2.24) is 0 Å². The second-order valence-corrected chi connectivity index (χ2v) is 8.55. The Morgan fingerprint density at radius 3 is 1.04 bits per heavy atom. The summed E-state index contributed by atoms with van der Waals surface area (Å²) in [7, 11) is 0. The molecule has 0 aromatic heterocycles. The molecule has 2 heteroatoms. The number of hydrogen-bond donors (Lipinski definition) is 2. The van der Waals surface area contributed by atoms with Gasteiger partial charge in [-0.1, -0.05) is 79.7 Å². The van der Waals surface area contributed by atoms with Crippen LogP contribution in [0.5, 0.6) is 11.5 Å². The summed E-state index contributed by atoms with van der Waals surface area (Å²) in [5.41, 5.74) is 5.94. The maximum atomic E-state index is 11.0. The molecule has 142 valence electrons. The first-order valence-electron chi connectivity index (χ1n) is 9.79. The number of phenolic OH excluding ortho intramolecular Hbond substituents is 2.